The molecule has 1 aromatic heterocycles. The van der Waals surface area contributed by atoms with Crippen LogP contribution >= 0.6 is 0 Å². The van der Waals surface area contributed by atoms with E-state index in [1.165, 1.54) is 19.3 Å². The zero-order chi connectivity index (χ0) is 21.0. The molecule has 29 heavy (non-hydrogen) atoms. The Morgan fingerprint density at radius 3 is 2.62 bits per heavy atom. The quantitative estimate of drug-likeness (QED) is 0.439. The van der Waals surface area contributed by atoms with Crippen LogP contribution in [0.1, 0.15) is 24.2 Å². The Bertz CT molecular complexity index is 1030. The largest absolute Gasteiger partial charge is 0.461 e. The minimum Gasteiger partial charge on any atom is -0.461 e. The second-order valence-electron chi connectivity index (χ2n) is 6.81. The zero-order valence-electron chi connectivity index (χ0n) is 16.6. The molecule has 0 saturated carbocycles. The Labute approximate surface area is 168 Å². The molecule has 0 spiro atoms. The van der Waals surface area contributed by atoms with Crippen molar-refractivity contribution in [2.24, 2.45) is 0 Å². The SMILES string of the molecule is Cc1ncc([N+](C)=O)n1CCOC(=O)C(C)c1ccc(-c2ccccc2)c(F)c1. The van der Waals surface area contributed by atoms with E-state index in [4.69, 9.17) is 4.74 Å². The predicted molar refractivity (Wildman–Crippen MR) is 107 cm³/mol. The third kappa shape index (κ3) is 4.56. The Morgan fingerprint density at radius 2 is 1.97 bits per heavy atom. The van der Waals surface area contributed by atoms with Crippen molar-refractivity contribution >= 4 is 11.8 Å². The van der Waals surface area contributed by atoms with Gasteiger partial charge in [-0.05, 0) is 28.9 Å². The minimum absolute atomic E-state index is 0.0891. The highest BCUT2D eigenvalue weighted by atomic mass is 19.1. The average molecular weight is 396 g/mol. The minimum atomic E-state index is -0.611. The van der Waals surface area contributed by atoms with Crippen LogP contribution in [0.5, 0.6) is 0 Å². The van der Waals surface area contributed by atoms with Gasteiger partial charge < -0.3 is 4.74 Å². The van der Waals surface area contributed by atoms with Crippen molar-refractivity contribution in [1.29, 1.82) is 0 Å². The van der Waals surface area contributed by atoms with Gasteiger partial charge in [0.1, 0.15) is 32.2 Å². The van der Waals surface area contributed by atoms with Gasteiger partial charge in [-0.3, -0.25) is 4.79 Å². The number of carbonyl (C=O) groups is 1. The van der Waals surface area contributed by atoms with Gasteiger partial charge in [-0.15, -0.1) is 0 Å². The van der Waals surface area contributed by atoms with Crippen molar-refractivity contribution < 1.29 is 18.7 Å². The van der Waals surface area contributed by atoms with Gasteiger partial charge in [0, 0.05) is 12.5 Å². The number of carbonyl (C=O) groups excluding carboxylic acids is 1. The maximum Gasteiger partial charge on any atom is 0.340 e. The van der Waals surface area contributed by atoms with Crippen molar-refractivity contribution in [3.05, 3.63) is 76.8 Å². The number of imidazole rings is 1. The molecule has 3 rings (SSSR count). The van der Waals surface area contributed by atoms with Crippen molar-refractivity contribution in [2.75, 3.05) is 13.7 Å². The molecule has 150 valence electrons. The number of rotatable bonds is 7. The predicted octanol–water partition coefficient (Wildman–Crippen LogP) is 4.38. The molecule has 0 radical (unpaired) electrons. The van der Waals surface area contributed by atoms with E-state index in [1.54, 1.807) is 30.5 Å². The monoisotopic (exact) mass is 396 g/mol. The highest BCUT2D eigenvalue weighted by Crippen LogP contribution is 2.26. The van der Waals surface area contributed by atoms with E-state index in [-0.39, 0.29) is 12.4 Å². The smallest absolute Gasteiger partial charge is 0.340 e. The summed E-state index contributed by atoms with van der Waals surface area (Å²) in [6.07, 6.45) is 1.48. The molecule has 0 bridgehead atoms. The zero-order valence-corrected chi connectivity index (χ0v) is 16.6. The summed E-state index contributed by atoms with van der Waals surface area (Å²) in [5.41, 5.74) is 1.81. The van der Waals surface area contributed by atoms with E-state index >= 15 is 0 Å². The summed E-state index contributed by atoms with van der Waals surface area (Å²) in [6, 6.07) is 14.0. The molecule has 1 heterocycles. The number of hydrogen-bond acceptors (Lipinski definition) is 4. The molecule has 1 atom stereocenters. The Morgan fingerprint density at radius 1 is 1.24 bits per heavy atom. The molecular formula is C22H23FN3O3+. The topological polar surface area (TPSA) is 64.2 Å². The molecule has 3 aromatic rings. The number of hydrogen-bond donors (Lipinski definition) is 0. The van der Waals surface area contributed by atoms with E-state index < -0.39 is 11.9 Å². The van der Waals surface area contributed by atoms with Crippen LogP contribution in [0.3, 0.4) is 0 Å². The van der Waals surface area contributed by atoms with Gasteiger partial charge in [-0.2, -0.15) is 0 Å². The van der Waals surface area contributed by atoms with Crippen LogP contribution in [-0.4, -0.2) is 33.9 Å². The molecule has 2 aromatic carbocycles. The molecule has 0 N–H and O–H groups in total. The van der Waals surface area contributed by atoms with Gasteiger partial charge in [0.15, 0.2) is 5.82 Å². The Balaban J connectivity index is 1.64. The highest BCUT2D eigenvalue weighted by molar-refractivity contribution is 5.78. The third-order valence-corrected chi connectivity index (χ3v) is 4.85. The lowest BCUT2D eigenvalue weighted by Crippen LogP contribution is -2.18. The first kappa shape index (κ1) is 20.4. The Hall–Kier alpha value is -3.35. The molecule has 0 saturated heterocycles. The number of esters is 1. The van der Waals surface area contributed by atoms with Crippen LogP contribution in [0, 0.1) is 17.6 Å². The fourth-order valence-electron chi connectivity index (χ4n) is 3.14. The fraction of sp³-hybridized carbons (Fsp3) is 0.273. The molecular weight excluding hydrogens is 373 g/mol. The second-order valence-corrected chi connectivity index (χ2v) is 6.81. The Kier molecular flexibility index (Phi) is 6.16. The van der Waals surface area contributed by atoms with Gasteiger partial charge in [0.05, 0.1) is 5.92 Å². The summed E-state index contributed by atoms with van der Waals surface area (Å²) in [6.45, 7) is 3.85. The van der Waals surface area contributed by atoms with Crippen LogP contribution in [0.4, 0.5) is 10.2 Å². The first-order valence-corrected chi connectivity index (χ1v) is 9.33. The van der Waals surface area contributed by atoms with Gasteiger partial charge in [0.25, 0.3) is 0 Å². The second kappa shape index (κ2) is 8.77. The molecule has 0 fully saturated rings. The lowest BCUT2D eigenvalue weighted by atomic mass is 9.97. The van der Waals surface area contributed by atoms with Gasteiger partial charge in [0.2, 0.25) is 0 Å². The summed E-state index contributed by atoms with van der Waals surface area (Å²) in [7, 11) is 1.38. The van der Waals surface area contributed by atoms with Crippen LogP contribution in [0.15, 0.2) is 54.7 Å². The number of nitrogens with zero attached hydrogens (tertiary/aromatic N) is 3. The molecule has 7 heteroatoms. The lowest BCUT2D eigenvalue weighted by Gasteiger charge is -2.13. The summed E-state index contributed by atoms with van der Waals surface area (Å²) >= 11 is 0. The van der Waals surface area contributed by atoms with E-state index in [0.717, 1.165) is 5.56 Å². The van der Waals surface area contributed by atoms with E-state index in [9.17, 15) is 14.1 Å². The first-order valence-electron chi connectivity index (χ1n) is 9.33. The molecule has 0 amide bonds. The van der Waals surface area contributed by atoms with Crippen molar-refractivity contribution in [1.82, 2.24) is 9.55 Å². The van der Waals surface area contributed by atoms with Gasteiger partial charge >= 0.3 is 11.8 Å². The van der Waals surface area contributed by atoms with Gasteiger partial charge in [-0.1, -0.05) is 47.4 Å². The molecule has 0 aliphatic heterocycles. The number of aromatic nitrogens is 2. The summed E-state index contributed by atoms with van der Waals surface area (Å²) < 4.78 is 22.3. The van der Waals surface area contributed by atoms with Crippen LogP contribution in [-0.2, 0) is 16.1 Å². The van der Waals surface area contributed by atoms with Gasteiger partial charge in [-0.25, -0.2) is 13.9 Å². The van der Waals surface area contributed by atoms with Crippen LogP contribution in [0.25, 0.3) is 11.1 Å². The standard InChI is InChI=1S/C22H23FN3O3/c1-15(18-9-10-19(20(23)13-18)17-7-5-4-6-8-17)22(27)29-12-11-26-16(2)24-14-21(26)25(3)28/h4-10,13-15H,11-12H2,1-3H3/q+1. The highest BCUT2D eigenvalue weighted by Gasteiger charge is 2.21. The number of ether oxygens (including phenoxy) is 1. The van der Waals surface area contributed by atoms with E-state index in [0.29, 0.717) is 34.1 Å². The summed E-state index contributed by atoms with van der Waals surface area (Å²) in [5, 5.41) is 0. The van der Waals surface area contributed by atoms with Crippen LogP contribution < -0.4 is 0 Å². The third-order valence-electron chi connectivity index (χ3n) is 4.85. The summed E-state index contributed by atoms with van der Waals surface area (Å²) in [5.74, 6) is -0.396. The first-order chi connectivity index (χ1) is 13.9. The van der Waals surface area contributed by atoms with E-state index in [2.05, 4.69) is 4.98 Å². The number of halogens is 1. The maximum atomic E-state index is 14.6. The average Bonchev–Trinajstić information content (AvgIpc) is 3.08. The number of benzene rings is 2. The normalized spacial score (nSPS) is 11.9. The van der Waals surface area contributed by atoms with Crippen molar-refractivity contribution in [3.63, 3.8) is 0 Å². The van der Waals surface area contributed by atoms with Crippen molar-refractivity contribution in [3.8, 4) is 11.1 Å². The number of nitroso groups, excluding NO2 is 1. The number of aryl methyl sites for hydroxylation is 1. The molecule has 0 aliphatic carbocycles. The molecule has 6 nitrogen and oxygen atoms in total. The van der Waals surface area contributed by atoms with Crippen molar-refractivity contribution in [2.45, 2.75) is 26.3 Å². The van der Waals surface area contributed by atoms with Crippen LogP contribution in [0.2, 0.25) is 0 Å². The van der Waals surface area contributed by atoms with E-state index in [1.807, 2.05) is 30.3 Å². The molecule has 1 unspecified atom stereocenters. The fourth-order valence-corrected chi connectivity index (χ4v) is 3.14. The summed E-state index contributed by atoms with van der Waals surface area (Å²) in [4.78, 5) is 28.0. The molecule has 0 aliphatic rings. The lowest BCUT2D eigenvalue weighted by molar-refractivity contribution is -0.435. The maximum absolute atomic E-state index is 14.6.